The molecule has 1 saturated carbocycles. The average Bonchev–Trinajstić information content (AvgIpc) is 2.95. The van der Waals surface area contributed by atoms with Crippen LogP contribution in [0.2, 0.25) is 0 Å². The zero-order chi connectivity index (χ0) is 15.6. The second kappa shape index (κ2) is 5.76. The van der Waals surface area contributed by atoms with Crippen LogP contribution in [0.3, 0.4) is 0 Å². The zero-order valence-electron chi connectivity index (χ0n) is 12.6. The fourth-order valence-electron chi connectivity index (χ4n) is 2.60. The number of nitrogens with zero attached hydrogens (tertiary/aromatic N) is 1. The van der Waals surface area contributed by atoms with Gasteiger partial charge in [0.25, 0.3) is 0 Å². The van der Waals surface area contributed by atoms with Gasteiger partial charge in [0.2, 0.25) is 0 Å². The SMILES string of the molecule is O=C(Nc1ccc2[nH]c(-c3ccccc3)nc2c1)OC1CCC1. The predicted molar refractivity (Wildman–Crippen MR) is 89.3 cm³/mol. The lowest BCUT2D eigenvalue weighted by molar-refractivity contribution is 0.0624. The molecule has 1 aliphatic carbocycles. The molecule has 5 nitrogen and oxygen atoms in total. The van der Waals surface area contributed by atoms with Gasteiger partial charge in [-0.05, 0) is 37.5 Å². The van der Waals surface area contributed by atoms with Crippen LogP contribution in [-0.2, 0) is 4.74 Å². The minimum absolute atomic E-state index is 0.0776. The molecule has 2 N–H and O–H groups in total. The van der Waals surface area contributed by atoms with Crippen LogP contribution in [-0.4, -0.2) is 22.2 Å². The highest BCUT2D eigenvalue weighted by Gasteiger charge is 2.21. The maximum atomic E-state index is 11.8. The lowest BCUT2D eigenvalue weighted by atomic mass is 9.96. The smallest absolute Gasteiger partial charge is 0.411 e. The molecule has 1 fully saturated rings. The molecule has 3 aromatic rings. The second-order valence-electron chi connectivity index (χ2n) is 5.77. The van der Waals surface area contributed by atoms with Crippen molar-refractivity contribution in [3.05, 3.63) is 48.5 Å². The van der Waals surface area contributed by atoms with Crippen molar-refractivity contribution >= 4 is 22.8 Å². The summed E-state index contributed by atoms with van der Waals surface area (Å²) in [6.45, 7) is 0. The Morgan fingerprint density at radius 1 is 1.17 bits per heavy atom. The monoisotopic (exact) mass is 307 g/mol. The van der Waals surface area contributed by atoms with Gasteiger partial charge in [-0.3, -0.25) is 5.32 Å². The molecule has 0 spiro atoms. The van der Waals surface area contributed by atoms with E-state index in [1.165, 1.54) is 0 Å². The van der Waals surface area contributed by atoms with Crippen molar-refractivity contribution in [3.63, 3.8) is 0 Å². The number of nitrogens with one attached hydrogen (secondary N) is 2. The Morgan fingerprint density at radius 3 is 2.74 bits per heavy atom. The Balaban J connectivity index is 1.54. The lowest BCUT2D eigenvalue weighted by Crippen LogP contribution is -2.27. The molecular weight excluding hydrogens is 290 g/mol. The average molecular weight is 307 g/mol. The molecule has 5 heteroatoms. The quantitative estimate of drug-likeness (QED) is 0.756. The maximum absolute atomic E-state index is 11.8. The van der Waals surface area contributed by atoms with E-state index in [9.17, 15) is 4.79 Å². The first-order valence-electron chi connectivity index (χ1n) is 7.81. The van der Waals surface area contributed by atoms with Crippen molar-refractivity contribution in [1.82, 2.24) is 9.97 Å². The van der Waals surface area contributed by atoms with Crippen LogP contribution >= 0.6 is 0 Å². The number of H-pyrrole nitrogens is 1. The molecule has 2 aromatic carbocycles. The molecule has 1 heterocycles. The summed E-state index contributed by atoms with van der Waals surface area (Å²) in [7, 11) is 0. The number of aromatic amines is 1. The number of aromatic nitrogens is 2. The highest BCUT2D eigenvalue weighted by molar-refractivity contribution is 5.89. The Morgan fingerprint density at radius 2 is 2.00 bits per heavy atom. The summed E-state index contributed by atoms with van der Waals surface area (Å²) >= 11 is 0. The highest BCUT2D eigenvalue weighted by Crippen LogP contribution is 2.24. The fourth-order valence-corrected chi connectivity index (χ4v) is 2.60. The van der Waals surface area contributed by atoms with E-state index in [1.807, 2.05) is 48.5 Å². The number of hydrogen-bond donors (Lipinski definition) is 2. The molecule has 0 saturated heterocycles. The maximum Gasteiger partial charge on any atom is 0.411 e. The minimum atomic E-state index is -0.395. The van der Waals surface area contributed by atoms with Gasteiger partial charge in [0.1, 0.15) is 11.9 Å². The van der Waals surface area contributed by atoms with Gasteiger partial charge in [0.15, 0.2) is 0 Å². The third-order valence-electron chi connectivity index (χ3n) is 4.10. The van der Waals surface area contributed by atoms with Crippen LogP contribution in [0.1, 0.15) is 19.3 Å². The molecule has 0 bridgehead atoms. The van der Waals surface area contributed by atoms with Gasteiger partial charge < -0.3 is 9.72 Å². The molecule has 1 amide bonds. The summed E-state index contributed by atoms with van der Waals surface area (Å²) < 4.78 is 5.30. The normalized spacial score (nSPS) is 14.4. The Labute approximate surface area is 133 Å². The summed E-state index contributed by atoms with van der Waals surface area (Å²) in [5.41, 5.74) is 3.46. The number of hydrogen-bond acceptors (Lipinski definition) is 3. The third kappa shape index (κ3) is 2.90. The van der Waals surface area contributed by atoms with Crippen LogP contribution in [0.15, 0.2) is 48.5 Å². The molecule has 0 radical (unpaired) electrons. The second-order valence-corrected chi connectivity index (χ2v) is 5.77. The largest absolute Gasteiger partial charge is 0.446 e. The first kappa shape index (κ1) is 13.8. The molecule has 0 atom stereocenters. The number of anilines is 1. The van der Waals surface area contributed by atoms with Crippen LogP contribution in [0.5, 0.6) is 0 Å². The zero-order valence-corrected chi connectivity index (χ0v) is 12.6. The van der Waals surface area contributed by atoms with E-state index in [2.05, 4.69) is 15.3 Å². The number of carbonyl (C=O) groups excluding carboxylic acids is 1. The molecule has 1 aliphatic rings. The molecule has 0 unspecified atom stereocenters. The van der Waals surface area contributed by atoms with Gasteiger partial charge in [-0.15, -0.1) is 0 Å². The van der Waals surface area contributed by atoms with Crippen LogP contribution in [0.25, 0.3) is 22.4 Å². The van der Waals surface area contributed by atoms with E-state index >= 15 is 0 Å². The number of amides is 1. The summed E-state index contributed by atoms with van der Waals surface area (Å²) in [4.78, 5) is 19.7. The van der Waals surface area contributed by atoms with Crippen LogP contribution in [0.4, 0.5) is 10.5 Å². The fraction of sp³-hybridized carbons (Fsp3) is 0.222. The van der Waals surface area contributed by atoms with Gasteiger partial charge in [-0.2, -0.15) is 0 Å². The molecule has 0 aliphatic heterocycles. The number of benzene rings is 2. The molecular formula is C18H17N3O2. The van der Waals surface area contributed by atoms with Gasteiger partial charge >= 0.3 is 6.09 Å². The first-order chi connectivity index (χ1) is 11.3. The summed E-state index contributed by atoms with van der Waals surface area (Å²) in [6.07, 6.45) is 2.75. The number of rotatable bonds is 3. The topological polar surface area (TPSA) is 67.0 Å². The van der Waals surface area contributed by atoms with Crippen molar-refractivity contribution in [2.45, 2.75) is 25.4 Å². The van der Waals surface area contributed by atoms with E-state index in [0.717, 1.165) is 41.7 Å². The van der Waals surface area contributed by atoms with Crippen molar-refractivity contribution in [2.24, 2.45) is 0 Å². The highest BCUT2D eigenvalue weighted by atomic mass is 16.6. The van der Waals surface area contributed by atoms with Gasteiger partial charge in [-0.1, -0.05) is 30.3 Å². The number of fused-ring (bicyclic) bond motifs is 1. The van der Waals surface area contributed by atoms with E-state index in [0.29, 0.717) is 5.69 Å². The Bertz CT molecular complexity index is 838. The number of ether oxygens (including phenoxy) is 1. The molecule has 23 heavy (non-hydrogen) atoms. The molecule has 4 rings (SSSR count). The third-order valence-corrected chi connectivity index (χ3v) is 4.10. The standard InChI is InChI=1S/C18H17N3O2/c22-18(23-14-7-4-8-14)19-13-9-10-15-16(11-13)21-17(20-15)12-5-2-1-3-6-12/h1-3,5-6,9-11,14H,4,7-8H2,(H,19,22)(H,20,21). The van der Waals surface area contributed by atoms with E-state index in [1.54, 1.807) is 0 Å². The van der Waals surface area contributed by atoms with Gasteiger partial charge in [0.05, 0.1) is 11.0 Å². The Kier molecular flexibility index (Phi) is 3.46. The van der Waals surface area contributed by atoms with E-state index < -0.39 is 6.09 Å². The van der Waals surface area contributed by atoms with E-state index in [-0.39, 0.29) is 6.10 Å². The van der Waals surface area contributed by atoms with Crippen LogP contribution < -0.4 is 5.32 Å². The first-order valence-corrected chi connectivity index (χ1v) is 7.81. The molecule has 1 aromatic heterocycles. The summed E-state index contributed by atoms with van der Waals surface area (Å²) in [5.74, 6) is 0.815. The van der Waals surface area contributed by atoms with Crippen molar-refractivity contribution in [2.75, 3.05) is 5.32 Å². The van der Waals surface area contributed by atoms with E-state index in [4.69, 9.17) is 4.74 Å². The van der Waals surface area contributed by atoms with Crippen molar-refractivity contribution in [3.8, 4) is 11.4 Å². The van der Waals surface area contributed by atoms with Crippen molar-refractivity contribution < 1.29 is 9.53 Å². The lowest BCUT2D eigenvalue weighted by Gasteiger charge is -2.25. The van der Waals surface area contributed by atoms with Gasteiger partial charge in [-0.25, -0.2) is 9.78 Å². The minimum Gasteiger partial charge on any atom is -0.446 e. The van der Waals surface area contributed by atoms with Crippen molar-refractivity contribution in [1.29, 1.82) is 0 Å². The Hall–Kier alpha value is -2.82. The van der Waals surface area contributed by atoms with Gasteiger partial charge in [0, 0.05) is 11.3 Å². The summed E-state index contributed by atoms with van der Waals surface area (Å²) in [6, 6.07) is 15.5. The predicted octanol–water partition coefficient (Wildman–Crippen LogP) is 4.33. The molecule has 116 valence electrons. The van der Waals surface area contributed by atoms with Crippen LogP contribution in [0, 0.1) is 0 Å². The number of carbonyl (C=O) groups is 1. The number of imidazole rings is 1. The summed E-state index contributed by atoms with van der Waals surface area (Å²) in [5, 5.41) is 2.77.